The smallest absolute Gasteiger partial charge is 0.302 e. The molecule has 0 spiro atoms. The molecule has 0 atom stereocenters. The molecular weight excluding hydrogens is 615 g/mol. The molecule has 0 bridgehead atoms. The summed E-state index contributed by atoms with van der Waals surface area (Å²) in [6.45, 7) is 0.473. The first-order chi connectivity index (χ1) is 24.3. The number of aromatic nitrogens is 3. The highest BCUT2D eigenvalue weighted by molar-refractivity contribution is 7.20. The maximum atomic E-state index is 6.24. The van der Waals surface area contributed by atoms with E-state index in [2.05, 4.69) is 173 Å². The number of rotatable bonds is 5. The van der Waals surface area contributed by atoms with Crippen LogP contribution >= 0.6 is 0 Å². The molecule has 7 aromatic carbocycles. The van der Waals surface area contributed by atoms with Crippen molar-refractivity contribution in [1.82, 2.24) is 14.1 Å². The summed E-state index contributed by atoms with van der Waals surface area (Å²) in [6, 6.07) is 65.0. The highest BCUT2D eigenvalue weighted by atomic mass is 28.3. The van der Waals surface area contributed by atoms with Crippen LogP contribution in [0.25, 0.3) is 44.2 Å². The van der Waals surface area contributed by atoms with Gasteiger partial charge < -0.3 is 9.30 Å². The van der Waals surface area contributed by atoms with Crippen LogP contribution in [0.15, 0.2) is 176 Å². The van der Waals surface area contributed by atoms with E-state index < -0.39 is 8.07 Å². The van der Waals surface area contributed by atoms with Gasteiger partial charge in [0.1, 0.15) is 6.61 Å². The van der Waals surface area contributed by atoms with Crippen LogP contribution in [0.1, 0.15) is 5.56 Å². The third-order valence-electron chi connectivity index (χ3n) is 10.2. The number of hydrogen-bond donors (Lipinski definition) is 0. The van der Waals surface area contributed by atoms with E-state index in [-0.39, 0.29) is 0 Å². The van der Waals surface area contributed by atoms with Gasteiger partial charge >= 0.3 is 6.01 Å². The zero-order chi connectivity index (χ0) is 32.4. The highest BCUT2D eigenvalue weighted by Gasteiger charge is 2.41. The maximum absolute atomic E-state index is 6.24. The molecule has 9 aromatic rings. The highest BCUT2D eigenvalue weighted by Crippen LogP contribution is 2.36. The molecule has 2 aromatic heterocycles. The minimum Gasteiger partial charge on any atom is -0.459 e. The van der Waals surface area contributed by atoms with Crippen molar-refractivity contribution >= 4 is 61.7 Å². The number of fused-ring (bicyclic) bond motifs is 8. The number of para-hydroxylation sites is 3. The standard InChI is InChI=1S/C44H31N3OSi/c1-4-14-33(15-5-1)49(34-16-6-2-7-17-34,35-18-8-3-9-19-35)36-25-26-38-37-20-10-12-22-41(37)46(43(38)29-36)32-24-27-40-31(28-32)30-48-44-45-39-21-11-13-23-42(39)47(40)44/h1-29H,30H2. The zero-order valence-corrected chi connectivity index (χ0v) is 27.7. The first kappa shape index (κ1) is 27.9. The Bertz CT molecular complexity index is 2560. The van der Waals surface area contributed by atoms with Crippen molar-refractivity contribution in [1.29, 1.82) is 0 Å². The zero-order valence-electron chi connectivity index (χ0n) is 26.7. The van der Waals surface area contributed by atoms with Crippen LogP contribution < -0.4 is 25.5 Å². The van der Waals surface area contributed by atoms with Gasteiger partial charge in [-0.1, -0.05) is 133 Å². The largest absolute Gasteiger partial charge is 0.459 e. The second kappa shape index (κ2) is 10.9. The maximum Gasteiger partial charge on any atom is 0.302 e. The van der Waals surface area contributed by atoms with Crippen LogP contribution in [0.5, 0.6) is 6.01 Å². The molecule has 0 N–H and O–H groups in total. The second-order valence-corrected chi connectivity index (χ2v) is 16.6. The van der Waals surface area contributed by atoms with Crippen molar-refractivity contribution in [3.8, 4) is 17.4 Å². The predicted octanol–water partition coefficient (Wildman–Crippen LogP) is 7.39. The summed E-state index contributed by atoms with van der Waals surface area (Å²) in [7, 11) is -2.72. The lowest BCUT2D eigenvalue weighted by Gasteiger charge is -2.34. The first-order valence-electron chi connectivity index (χ1n) is 16.7. The van der Waals surface area contributed by atoms with Gasteiger partial charge in [-0.3, -0.25) is 4.57 Å². The van der Waals surface area contributed by atoms with Gasteiger partial charge in [0.05, 0.1) is 27.8 Å². The molecule has 0 fully saturated rings. The van der Waals surface area contributed by atoms with Crippen LogP contribution in [0.4, 0.5) is 0 Å². The Balaban J connectivity index is 1.25. The van der Waals surface area contributed by atoms with E-state index in [0.29, 0.717) is 12.6 Å². The summed E-state index contributed by atoms with van der Waals surface area (Å²) in [5.74, 6) is 0. The molecule has 1 aliphatic rings. The third-order valence-corrected chi connectivity index (χ3v) is 15.0. The van der Waals surface area contributed by atoms with Gasteiger partial charge in [0.15, 0.2) is 8.07 Å². The van der Waals surface area contributed by atoms with Crippen molar-refractivity contribution in [3.63, 3.8) is 0 Å². The summed E-state index contributed by atoms with van der Waals surface area (Å²) in [5, 5.41) is 7.93. The van der Waals surface area contributed by atoms with Crippen LogP contribution in [-0.4, -0.2) is 22.2 Å². The van der Waals surface area contributed by atoms with E-state index in [1.807, 2.05) is 12.1 Å². The van der Waals surface area contributed by atoms with Crippen molar-refractivity contribution in [2.24, 2.45) is 0 Å². The van der Waals surface area contributed by atoms with Crippen LogP contribution in [0.3, 0.4) is 0 Å². The van der Waals surface area contributed by atoms with Gasteiger partial charge in [-0.05, 0) is 63.2 Å². The van der Waals surface area contributed by atoms with Gasteiger partial charge in [-0.15, -0.1) is 0 Å². The molecular formula is C44H31N3OSi. The van der Waals surface area contributed by atoms with E-state index in [9.17, 15) is 0 Å². The fourth-order valence-corrected chi connectivity index (χ4v) is 12.8. The molecule has 4 nitrogen and oxygen atoms in total. The van der Waals surface area contributed by atoms with Crippen molar-refractivity contribution in [2.45, 2.75) is 6.61 Å². The van der Waals surface area contributed by atoms with Gasteiger partial charge in [0.2, 0.25) is 0 Å². The van der Waals surface area contributed by atoms with E-state index >= 15 is 0 Å². The van der Waals surface area contributed by atoms with Gasteiger partial charge in [0, 0.05) is 22.0 Å². The van der Waals surface area contributed by atoms with Crippen molar-refractivity contribution in [2.75, 3.05) is 0 Å². The first-order valence-corrected chi connectivity index (χ1v) is 18.7. The van der Waals surface area contributed by atoms with E-state index in [1.165, 1.54) is 42.6 Å². The molecule has 0 saturated carbocycles. The van der Waals surface area contributed by atoms with Gasteiger partial charge in [0.25, 0.3) is 0 Å². The minimum absolute atomic E-state index is 0.473. The summed E-state index contributed by atoms with van der Waals surface area (Å²) >= 11 is 0. The molecule has 10 rings (SSSR count). The lowest BCUT2D eigenvalue weighted by molar-refractivity contribution is 0.265. The summed E-state index contributed by atoms with van der Waals surface area (Å²) in [5.41, 5.74) is 7.74. The fourth-order valence-electron chi connectivity index (χ4n) is 8.07. The third kappa shape index (κ3) is 4.12. The SMILES string of the molecule is c1ccc([Si](c2ccccc2)(c2ccccc2)c2ccc3c4ccccc4n(-c4ccc5c(c4)COc4nc6ccccc6n4-5)c3c2)cc1. The van der Waals surface area contributed by atoms with E-state index in [4.69, 9.17) is 9.72 Å². The molecule has 232 valence electrons. The Morgan fingerprint density at radius 1 is 0.469 bits per heavy atom. The molecule has 49 heavy (non-hydrogen) atoms. The number of imidazole rings is 1. The summed E-state index contributed by atoms with van der Waals surface area (Å²) < 4.78 is 10.8. The van der Waals surface area contributed by atoms with Crippen molar-refractivity contribution < 1.29 is 4.74 Å². The monoisotopic (exact) mass is 645 g/mol. The molecule has 1 aliphatic heterocycles. The molecule has 5 heteroatoms. The quantitative estimate of drug-likeness (QED) is 0.144. The average molecular weight is 646 g/mol. The van der Waals surface area contributed by atoms with E-state index in [0.717, 1.165) is 28.0 Å². The Morgan fingerprint density at radius 2 is 1.06 bits per heavy atom. The second-order valence-electron chi connectivity index (χ2n) is 12.8. The van der Waals surface area contributed by atoms with Crippen LogP contribution in [-0.2, 0) is 6.61 Å². The Hall–Kier alpha value is -6.17. The lowest BCUT2D eigenvalue weighted by Crippen LogP contribution is -2.74. The van der Waals surface area contributed by atoms with E-state index in [1.54, 1.807) is 0 Å². The number of hydrogen-bond acceptors (Lipinski definition) is 2. The number of nitrogens with zero attached hydrogens (tertiary/aromatic N) is 3. The Labute approximate surface area is 285 Å². The van der Waals surface area contributed by atoms with Crippen LogP contribution in [0.2, 0.25) is 0 Å². The molecule has 0 amide bonds. The molecule has 0 aliphatic carbocycles. The summed E-state index contributed by atoms with van der Waals surface area (Å²) in [4.78, 5) is 4.75. The number of ether oxygens (including phenoxy) is 1. The average Bonchev–Trinajstić information content (AvgIpc) is 3.72. The Morgan fingerprint density at radius 3 is 1.76 bits per heavy atom. The fraction of sp³-hybridized carbons (Fsp3) is 0.0227. The topological polar surface area (TPSA) is 32.0 Å². The number of benzene rings is 7. The van der Waals surface area contributed by atoms with Crippen molar-refractivity contribution in [3.05, 3.63) is 181 Å². The molecule has 0 unspecified atom stereocenters. The normalized spacial score (nSPS) is 12.6. The molecule has 3 heterocycles. The lowest BCUT2D eigenvalue weighted by atomic mass is 10.1. The van der Waals surface area contributed by atoms with Gasteiger partial charge in [-0.25, -0.2) is 0 Å². The minimum atomic E-state index is -2.72. The van der Waals surface area contributed by atoms with Crippen LogP contribution in [0, 0.1) is 0 Å². The summed E-state index contributed by atoms with van der Waals surface area (Å²) in [6.07, 6.45) is 0. The molecule has 0 radical (unpaired) electrons. The van der Waals surface area contributed by atoms with Gasteiger partial charge in [-0.2, -0.15) is 4.98 Å². The predicted molar refractivity (Wildman–Crippen MR) is 203 cm³/mol. The molecule has 0 saturated heterocycles. The Kier molecular flexibility index (Phi) is 6.23.